The lowest BCUT2D eigenvalue weighted by atomic mass is 10.1. The van der Waals surface area contributed by atoms with Gasteiger partial charge in [-0.15, -0.1) is 6.42 Å². The fraction of sp³-hybridized carbons (Fsp3) is 0.154. The molecule has 0 aliphatic heterocycles. The summed E-state index contributed by atoms with van der Waals surface area (Å²) < 4.78 is 30.9. The number of hydrogen-bond acceptors (Lipinski definition) is 7. The van der Waals surface area contributed by atoms with Gasteiger partial charge in [0.05, 0.1) is 23.4 Å². The number of aliphatic imine (C=N–C) groups is 2. The summed E-state index contributed by atoms with van der Waals surface area (Å²) in [6.07, 6.45) is 10.4. The first-order valence-corrected chi connectivity index (χ1v) is 11.1. The van der Waals surface area contributed by atoms with Gasteiger partial charge in [-0.1, -0.05) is 6.08 Å². The van der Waals surface area contributed by atoms with E-state index in [-0.39, 0.29) is 23.1 Å². The van der Waals surface area contributed by atoms with Crippen LogP contribution in [-0.2, 0) is 7.05 Å². The minimum absolute atomic E-state index is 0.0435. The molecule has 0 amide bonds. The first-order chi connectivity index (χ1) is 17.8. The molecule has 0 radical (unpaired) electrons. The molecule has 2 N–H and O–H groups in total. The number of amidine groups is 1. The van der Waals surface area contributed by atoms with Crippen LogP contribution in [0.1, 0.15) is 19.5 Å². The molecular formula is C26H22FN8O2+. The molecule has 0 saturated heterocycles. The zero-order valence-corrected chi connectivity index (χ0v) is 20.6. The van der Waals surface area contributed by atoms with Crippen LogP contribution in [-0.4, -0.2) is 39.4 Å². The van der Waals surface area contributed by atoms with Gasteiger partial charge in [-0.25, -0.2) is 24.3 Å². The first-order valence-electron chi connectivity index (χ1n) is 11.1. The molecule has 184 valence electrons. The van der Waals surface area contributed by atoms with Crippen molar-refractivity contribution in [3.8, 4) is 23.8 Å². The molecule has 37 heavy (non-hydrogen) atoms. The van der Waals surface area contributed by atoms with Crippen molar-refractivity contribution in [2.45, 2.75) is 13.8 Å². The highest BCUT2D eigenvalue weighted by Crippen LogP contribution is 2.40. The Morgan fingerprint density at radius 2 is 2.08 bits per heavy atom. The van der Waals surface area contributed by atoms with Crippen LogP contribution in [0.25, 0.3) is 38.5 Å². The Hall–Kier alpha value is -5.11. The number of rotatable bonds is 3. The molecule has 5 aromatic rings. The van der Waals surface area contributed by atoms with Crippen molar-refractivity contribution >= 4 is 57.0 Å². The van der Waals surface area contributed by atoms with E-state index in [1.807, 2.05) is 6.92 Å². The van der Waals surface area contributed by atoms with Crippen molar-refractivity contribution in [2.75, 3.05) is 12.8 Å². The van der Waals surface area contributed by atoms with Crippen LogP contribution in [0.4, 0.5) is 10.2 Å². The molecule has 5 rings (SSSR count). The molecule has 0 spiro atoms. The van der Waals surface area contributed by atoms with Gasteiger partial charge in [0.25, 0.3) is 0 Å². The fourth-order valence-electron chi connectivity index (χ4n) is 4.35. The number of pyridine rings is 3. The highest BCUT2D eigenvalue weighted by Gasteiger charge is 2.30. The van der Waals surface area contributed by atoms with Crippen LogP contribution >= 0.6 is 0 Å². The number of aromatic nitrogens is 5. The second-order valence-electron chi connectivity index (χ2n) is 8.12. The number of terminal acetylenes is 1. The maximum Gasteiger partial charge on any atom is 0.343 e. The minimum atomic E-state index is -0.613. The molecule has 0 aliphatic carbocycles. The zero-order valence-electron chi connectivity index (χ0n) is 20.6. The molecule has 0 atom stereocenters. The molecule has 0 unspecified atom stereocenters. The molecule has 10 nitrogen and oxygen atoms in total. The lowest BCUT2D eigenvalue weighted by Crippen LogP contribution is -2.27. The number of methoxy groups -OCH3 is 1. The van der Waals surface area contributed by atoms with Gasteiger partial charge >= 0.3 is 11.7 Å². The Morgan fingerprint density at radius 3 is 2.76 bits per heavy atom. The summed E-state index contributed by atoms with van der Waals surface area (Å²) in [6.45, 7) is 7.10. The molecule has 0 saturated carbocycles. The number of ether oxygens (including phenoxy) is 2. The minimum Gasteiger partial charge on any atom is -0.496 e. The number of nitrogen functional groups attached to an aromatic ring is 1. The van der Waals surface area contributed by atoms with Crippen LogP contribution in [0.3, 0.4) is 0 Å². The van der Waals surface area contributed by atoms with E-state index in [1.165, 1.54) is 19.5 Å². The second-order valence-corrected chi connectivity index (χ2v) is 8.12. The van der Waals surface area contributed by atoms with Gasteiger partial charge in [-0.05, 0) is 31.5 Å². The van der Waals surface area contributed by atoms with Gasteiger partial charge in [-0.2, -0.15) is 4.40 Å². The maximum atomic E-state index is 16.0. The van der Waals surface area contributed by atoms with Gasteiger partial charge in [0.2, 0.25) is 5.69 Å². The number of anilines is 1. The summed E-state index contributed by atoms with van der Waals surface area (Å²) >= 11 is 0. The molecule has 11 heteroatoms. The Morgan fingerprint density at radius 1 is 1.30 bits per heavy atom. The highest BCUT2D eigenvalue weighted by molar-refractivity contribution is 6.23. The molecule has 0 fully saturated rings. The third-order valence-corrected chi connectivity index (χ3v) is 6.06. The summed E-state index contributed by atoms with van der Waals surface area (Å²) in [7, 11) is 3.33. The van der Waals surface area contributed by atoms with E-state index < -0.39 is 5.82 Å². The van der Waals surface area contributed by atoms with Crippen LogP contribution in [0, 0.1) is 18.2 Å². The number of nitrogens with two attached hydrogens (primary N) is 1. The van der Waals surface area contributed by atoms with E-state index in [1.54, 1.807) is 41.3 Å². The van der Waals surface area contributed by atoms with Crippen molar-refractivity contribution in [1.29, 1.82) is 0 Å². The van der Waals surface area contributed by atoms with Gasteiger partial charge in [0, 0.05) is 24.9 Å². The summed E-state index contributed by atoms with van der Waals surface area (Å²) in [5.41, 5.74) is 8.88. The van der Waals surface area contributed by atoms with Gasteiger partial charge in [0.15, 0.2) is 17.1 Å². The van der Waals surface area contributed by atoms with Crippen molar-refractivity contribution < 1.29 is 18.3 Å². The van der Waals surface area contributed by atoms with Crippen molar-refractivity contribution in [2.24, 2.45) is 17.0 Å². The average molecular weight is 498 g/mol. The standard InChI is InChI=1S/C26H22FN8O2/c1-7-13(3)32-26(29-4)37-15-10-16(27)21-19-20-23(28)30-12-31-24(20)34(5)22(19)18-17(36-6)9-14(8-2)33-25(18)35(21)11-15/h2,7,9-12H,4H2,1,3,5-6H3,(H2,28,30,31)/q+1/b13-7-,32-26?. The van der Waals surface area contributed by atoms with Gasteiger partial charge in [0.1, 0.15) is 35.1 Å². The summed E-state index contributed by atoms with van der Waals surface area (Å²) in [6, 6.07) is 2.83. The number of aryl methyl sites for hydroxylation is 1. The Kier molecular flexibility index (Phi) is 5.64. The quantitative estimate of drug-likeness (QED) is 0.134. The van der Waals surface area contributed by atoms with Crippen LogP contribution in [0.5, 0.6) is 11.5 Å². The normalized spacial score (nSPS) is 12.4. The van der Waals surface area contributed by atoms with E-state index in [0.29, 0.717) is 50.1 Å². The van der Waals surface area contributed by atoms with Gasteiger partial charge in [-0.3, -0.25) is 0 Å². The third-order valence-electron chi connectivity index (χ3n) is 6.06. The maximum absolute atomic E-state index is 16.0. The molecular weight excluding hydrogens is 475 g/mol. The fourth-order valence-corrected chi connectivity index (χ4v) is 4.35. The topological polar surface area (TPSA) is 117 Å². The van der Waals surface area contributed by atoms with Crippen molar-refractivity contribution in [3.05, 3.63) is 47.9 Å². The van der Waals surface area contributed by atoms with Crippen molar-refractivity contribution in [1.82, 2.24) is 19.5 Å². The van der Waals surface area contributed by atoms with Crippen LogP contribution < -0.4 is 19.6 Å². The summed E-state index contributed by atoms with van der Waals surface area (Å²) in [5, 5.41) is 1.56. The van der Waals surface area contributed by atoms with E-state index in [2.05, 4.69) is 37.6 Å². The predicted molar refractivity (Wildman–Crippen MR) is 140 cm³/mol. The SMILES string of the molecule is C#Cc1cc(OC)c2c3c(c4c(N)ncnc4n3C)c3c(F)cc(OC(N=C)=N/C(C)=C\C)c[n+]3c2n1. The summed E-state index contributed by atoms with van der Waals surface area (Å²) in [4.78, 5) is 21.2. The molecule has 5 aromatic heterocycles. The molecule has 0 aromatic carbocycles. The summed E-state index contributed by atoms with van der Waals surface area (Å²) in [5.74, 6) is 2.68. The molecule has 0 bridgehead atoms. The van der Waals surface area contributed by atoms with E-state index in [9.17, 15) is 0 Å². The van der Waals surface area contributed by atoms with Crippen molar-refractivity contribution in [3.63, 3.8) is 0 Å². The lowest BCUT2D eigenvalue weighted by Gasteiger charge is -2.10. The number of fused-ring (bicyclic) bond motifs is 8. The predicted octanol–water partition coefficient (Wildman–Crippen LogP) is 3.48. The van der Waals surface area contributed by atoms with E-state index >= 15 is 4.39 Å². The number of nitrogens with zero attached hydrogens (tertiary/aromatic N) is 7. The smallest absolute Gasteiger partial charge is 0.343 e. The second kappa shape index (κ2) is 8.83. The largest absolute Gasteiger partial charge is 0.496 e. The number of halogens is 1. The van der Waals surface area contributed by atoms with E-state index in [0.717, 1.165) is 0 Å². The lowest BCUT2D eigenvalue weighted by molar-refractivity contribution is -0.484. The van der Waals surface area contributed by atoms with E-state index in [4.69, 9.17) is 21.6 Å². The number of hydrogen-bond donors (Lipinski definition) is 1. The first kappa shape index (κ1) is 23.6. The Bertz CT molecular complexity index is 1880. The van der Waals surface area contributed by atoms with Gasteiger partial charge < -0.3 is 19.8 Å². The van der Waals surface area contributed by atoms with Crippen LogP contribution in [0.15, 0.2) is 46.4 Å². The van der Waals surface area contributed by atoms with Crippen LogP contribution in [0.2, 0.25) is 0 Å². The monoisotopic (exact) mass is 497 g/mol. The highest BCUT2D eigenvalue weighted by atomic mass is 19.1. The third kappa shape index (κ3) is 3.58. The average Bonchev–Trinajstić information content (AvgIpc) is 3.20. The number of allylic oxidation sites excluding steroid dienone is 2. The molecule has 5 heterocycles. The molecule has 0 aliphatic rings. The zero-order chi connectivity index (χ0) is 26.4. The Labute approximate surface area is 210 Å². The Balaban J connectivity index is 2.01.